The minimum Gasteiger partial charge on any atom is -0.386 e. The predicted octanol–water partition coefficient (Wildman–Crippen LogP) is 2.18. The molecule has 0 atom stereocenters. The van der Waals surface area contributed by atoms with Gasteiger partial charge in [-0.3, -0.25) is 4.79 Å². The number of aldehydes is 1. The van der Waals surface area contributed by atoms with E-state index < -0.39 is 0 Å². The van der Waals surface area contributed by atoms with Gasteiger partial charge in [-0.25, -0.2) is 0 Å². The van der Waals surface area contributed by atoms with Crippen LogP contribution in [-0.4, -0.2) is 13.3 Å². The number of hydrogen-bond donors (Lipinski definition) is 1. The molecule has 0 heterocycles. The van der Waals surface area contributed by atoms with Gasteiger partial charge in [0.25, 0.3) is 0 Å². The number of nitrogens with one attached hydrogen (secondary N) is 1. The molecule has 0 aromatic heterocycles. The van der Waals surface area contributed by atoms with Gasteiger partial charge in [0, 0.05) is 12.1 Å². The van der Waals surface area contributed by atoms with Crippen molar-refractivity contribution < 1.29 is 4.79 Å². The largest absolute Gasteiger partial charge is 0.386 e. The Balaban J connectivity index is 2.69. The van der Waals surface area contributed by atoms with Crippen LogP contribution in [0.25, 0.3) is 0 Å². The molecule has 2 nitrogen and oxygen atoms in total. The molecule has 1 rings (SSSR count). The molecule has 0 saturated carbocycles. The van der Waals surface area contributed by atoms with Gasteiger partial charge in [0.15, 0.2) is 6.29 Å². The highest BCUT2D eigenvalue weighted by molar-refractivity contribution is 6.30. The summed E-state index contributed by atoms with van der Waals surface area (Å²) in [5, 5.41) is 3.51. The van der Waals surface area contributed by atoms with Crippen molar-refractivity contribution in [2.24, 2.45) is 0 Å². The lowest BCUT2D eigenvalue weighted by Gasteiger charge is -1.99. The van der Waals surface area contributed by atoms with Crippen molar-refractivity contribution in [2.45, 2.75) is 6.42 Å². The molecule has 1 aromatic carbocycles. The topological polar surface area (TPSA) is 29.1 Å². The molecule has 0 spiro atoms. The van der Waals surface area contributed by atoms with Crippen LogP contribution in [0, 0.1) is 0 Å². The van der Waals surface area contributed by atoms with Gasteiger partial charge >= 0.3 is 0 Å². The summed E-state index contributed by atoms with van der Waals surface area (Å²) in [6.45, 7) is 0. The second kappa shape index (κ2) is 5.45. The second-order valence-electron chi connectivity index (χ2n) is 2.86. The number of rotatable bonds is 4. The quantitative estimate of drug-likeness (QED) is 0.609. The van der Waals surface area contributed by atoms with Crippen LogP contribution in [0.15, 0.2) is 36.0 Å². The van der Waals surface area contributed by atoms with Gasteiger partial charge in [-0.1, -0.05) is 29.8 Å². The van der Waals surface area contributed by atoms with Crippen LogP contribution >= 0.6 is 11.6 Å². The number of carbonyl (C=O) groups is 1. The summed E-state index contributed by atoms with van der Waals surface area (Å²) in [7, 11) is 1.72. The van der Waals surface area contributed by atoms with E-state index in [0.717, 1.165) is 11.8 Å². The Morgan fingerprint density at radius 2 is 2.36 bits per heavy atom. The normalized spacial score (nSPS) is 11.1. The van der Waals surface area contributed by atoms with Gasteiger partial charge in [-0.15, -0.1) is 0 Å². The van der Waals surface area contributed by atoms with E-state index in [1.54, 1.807) is 7.05 Å². The fourth-order valence-electron chi connectivity index (χ4n) is 1.10. The predicted molar refractivity (Wildman–Crippen MR) is 58.4 cm³/mol. The first kappa shape index (κ1) is 10.8. The van der Waals surface area contributed by atoms with Gasteiger partial charge in [-0.05, 0) is 24.1 Å². The van der Waals surface area contributed by atoms with E-state index in [4.69, 9.17) is 11.6 Å². The number of benzene rings is 1. The minimum absolute atomic E-state index is 0.588. The molecule has 0 unspecified atom stereocenters. The molecule has 74 valence electrons. The molecule has 0 fully saturated rings. The van der Waals surface area contributed by atoms with Crippen LogP contribution < -0.4 is 5.32 Å². The molecular formula is C11H12ClNO. The van der Waals surface area contributed by atoms with Gasteiger partial charge in [-0.2, -0.15) is 0 Å². The smallest absolute Gasteiger partial charge is 0.165 e. The molecule has 0 aliphatic rings. The number of hydrogen-bond acceptors (Lipinski definition) is 2. The van der Waals surface area contributed by atoms with Crippen LogP contribution in [0.5, 0.6) is 0 Å². The van der Waals surface area contributed by atoms with E-state index in [0.29, 0.717) is 17.1 Å². The first-order valence-electron chi connectivity index (χ1n) is 4.34. The van der Waals surface area contributed by atoms with Crippen molar-refractivity contribution in [2.75, 3.05) is 7.05 Å². The zero-order valence-electron chi connectivity index (χ0n) is 7.96. The summed E-state index contributed by atoms with van der Waals surface area (Å²) in [4.78, 5) is 10.5. The van der Waals surface area contributed by atoms with Crippen LogP contribution in [0.2, 0.25) is 5.02 Å². The summed E-state index contributed by atoms with van der Waals surface area (Å²) in [6.07, 6.45) is 3.33. The van der Waals surface area contributed by atoms with Gasteiger partial charge in [0.2, 0.25) is 0 Å². The standard InChI is InChI=1S/C11H12ClNO/c1-13-11(8-14)6-5-9-3-2-4-10(12)7-9/h2-4,6-8,13H,5H2,1H3/b11-6-. The Morgan fingerprint density at radius 1 is 1.57 bits per heavy atom. The van der Waals surface area contributed by atoms with Crippen molar-refractivity contribution in [1.29, 1.82) is 0 Å². The number of likely N-dealkylation sites (N-methyl/N-ethyl adjacent to an activating group) is 1. The average Bonchev–Trinajstić information content (AvgIpc) is 2.19. The Bertz CT molecular complexity index is 347. The maximum atomic E-state index is 10.5. The molecule has 0 aliphatic carbocycles. The third-order valence-electron chi connectivity index (χ3n) is 1.86. The fourth-order valence-corrected chi connectivity index (χ4v) is 1.31. The first-order valence-corrected chi connectivity index (χ1v) is 4.71. The summed E-state index contributed by atoms with van der Waals surface area (Å²) < 4.78 is 0. The highest BCUT2D eigenvalue weighted by Gasteiger charge is 1.93. The summed E-state index contributed by atoms with van der Waals surface area (Å²) in [5.74, 6) is 0. The lowest BCUT2D eigenvalue weighted by Crippen LogP contribution is -2.06. The molecular weight excluding hydrogens is 198 g/mol. The maximum Gasteiger partial charge on any atom is 0.165 e. The third kappa shape index (κ3) is 3.23. The molecule has 0 saturated heterocycles. The van der Waals surface area contributed by atoms with E-state index >= 15 is 0 Å². The van der Waals surface area contributed by atoms with E-state index in [-0.39, 0.29) is 0 Å². The highest BCUT2D eigenvalue weighted by atomic mass is 35.5. The van der Waals surface area contributed by atoms with Gasteiger partial charge < -0.3 is 5.32 Å². The molecule has 1 N–H and O–H groups in total. The van der Waals surface area contributed by atoms with Gasteiger partial charge in [0.05, 0.1) is 5.70 Å². The Hall–Kier alpha value is -1.28. The van der Waals surface area contributed by atoms with Crippen molar-refractivity contribution >= 4 is 17.9 Å². The van der Waals surface area contributed by atoms with Crippen LogP contribution in [0.1, 0.15) is 5.56 Å². The van der Waals surface area contributed by atoms with Crippen LogP contribution in [0.4, 0.5) is 0 Å². The monoisotopic (exact) mass is 209 g/mol. The van der Waals surface area contributed by atoms with Crippen molar-refractivity contribution in [1.82, 2.24) is 5.32 Å². The number of halogens is 1. The van der Waals surface area contributed by atoms with E-state index in [9.17, 15) is 4.79 Å². The molecule has 1 aromatic rings. The maximum absolute atomic E-state index is 10.5. The molecule has 0 amide bonds. The van der Waals surface area contributed by atoms with Crippen LogP contribution in [-0.2, 0) is 11.2 Å². The van der Waals surface area contributed by atoms with Crippen LogP contribution in [0.3, 0.4) is 0 Å². The fraction of sp³-hybridized carbons (Fsp3) is 0.182. The Labute approximate surface area is 88.6 Å². The SMILES string of the molecule is CN/C(C=O)=C\Cc1cccc(Cl)c1. The first-order chi connectivity index (χ1) is 6.76. The van der Waals surface area contributed by atoms with E-state index in [2.05, 4.69) is 5.32 Å². The zero-order chi connectivity index (χ0) is 10.4. The lowest BCUT2D eigenvalue weighted by molar-refractivity contribution is -0.105. The average molecular weight is 210 g/mol. The minimum atomic E-state index is 0.588. The van der Waals surface area contributed by atoms with E-state index in [1.165, 1.54) is 0 Å². The van der Waals surface area contributed by atoms with Gasteiger partial charge in [0.1, 0.15) is 0 Å². The number of carbonyl (C=O) groups excluding carboxylic acids is 1. The zero-order valence-corrected chi connectivity index (χ0v) is 8.71. The Morgan fingerprint density at radius 3 is 2.93 bits per heavy atom. The Kier molecular flexibility index (Phi) is 4.20. The van der Waals surface area contributed by atoms with Crippen molar-refractivity contribution in [3.63, 3.8) is 0 Å². The molecule has 3 heteroatoms. The summed E-state index contributed by atoms with van der Waals surface area (Å²) in [5.41, 5.74) is 1.68. The lowest BCUT2D eigenvalue weighted by atomic mass is 10.1. The highest BCUT2D eigenvalue weighted by Crippen LogP contribution is 2.11. The summed E-state index contributed by atoms with van der Waals surface area (Å²) in [6, 6.07) is 7.58. The second-order valence-corrected chi connectivity index (χ2v) is 3.30. The molecule has 0 aliphatic heterocycles. The van der Waals surface area contributed by atoms with E-state index in [1.807, 2.05) is 30.3 Å². The van der Waals surface area contributed by atoms with Crippen molar-refractivity contribution in [3.8, 4) is 0 Å². The summed E-state index contributed by atoms with van der Waals surface area (Å²) >= 11 is 5.82. The molecule has 14 heavy (non-hydrogen) atoms. The molecule has 0 radical (unpaired) electrons. The van der Waals surface area contributed by atoms with Crippen molar-refractivity contribution in [3.05, 3.63) is 46.6 Å². The third-order valence-corrected chi connectivity index (χ3v) is 2.10. The number of allylic oxidation sites excluding steroid dienone is 2. The molecule has 0 bridgehead atoms.